The molecule has 2 fully saturated rings. The third-order valence-electron chi connectivity index (χ3n) is 4.56. The van der Waals surface area contributed by atoms with Crippen LogP contribution in [0.4, 0.5) is 0 Å². The van der Waals surface area contributed by atoms with Crippen molar-refractivity contribution in [1.82, 2.24) is 15.0 Å². The number of rotatable bonds is 4. The number of carboxylic acids is 1. The van der Waals surface area contributed by atoms with Crippen LogP contribution in [0.2, 0.25) is 0 Å². The summed E-state index contributed by atoms with van der Waals surface area (Å²) in [5.74, 6) is -0.981. The highest BCUT2D eigenvalue weighted by molar-refractivity contribution is 5.86. The average Bonchev–Trinajstić information content (AvgIpc) is 2.81. The van der Waals surface area contributed by atoms with Crippen LogP contribution in [-0.4, -0.2) is 38.3 Å². The Morgan fingerprint density at radius 1 is 1.55 bits per heavy atom. The molecule has 3 rings (SSSR count). The molecule has 1 spiro atoms. The lowest BCUT2D eigenvalue weighted by Gasteiger charge is -2.47. The van der Waals surface area contributed by atoms with Crippen molar-refractivity contribution in [3.8, 4) is 0 Å². The van der Waals surface area contributed by atoms with Gasteiger partial charge in [-0.05, 0) is 38.5 Å². The van der Waals surface area contributed by atoms with Gasteiger partial charge in [0.05, 0.1) is 17.3 Å². The Morgan fingerprint density at radius 3 is 2.95 bits per heavy atom. The minimum Gasteiger partial charge on any atom is -0.476 e. The molecule has 1 saturated carbocycles. The van der Waals surface area contributed by atoms with E-state index in [0.29, 0.717) is 6.42 Å². The Morgan fingerprint density at radius 2 is 2.35 bits per heavy atom. The summed E-state index contributed by atoms with van der Waals surface area (Å²) in [4.78, 5) is 11.2. The summed E-state index contributed by atoms with van der Waals surface area (Å²) in [6.45, 7) is 2.78. The van der Waals surface area contributed by atoms with E-state index in [-0.39, 0.29) is 17.3 Å². The van der Waals surface area contributed by atoms with Crippen molar-refractivity contribution < 1.29 is 14.6 Å². The maximum Gasteiger partial charge on any atom is 0.358 e. The Bertz CT molecular complexity index is 508. The van der Waals surface area contributed by atoms with Crippen molar-refractivity contribution >= 4 is 5.97 Å². The van der Waals surface area contributed by atoms with Crippen molar-refractivity contribution in [3.05, 3.63) is 11.4 Å². The first-order valence-corrected chi connectivity index (χ1v) is 7.46. The maximum atomic E-state index is 11.2. The van der Waals surface area contributed by atoms with E-state index >= 15 is 0 Å². The Balaban J connectivity index is 1.87. The average molecular weight is 279 g/mol. The van der Waals surface area contributed by atoms with Gasteiger partial charge in [0.1, 0.15) is 0 Å². The number of ether oxygens (including phenoxy) is 1. The molecule has 1 saturated heterocycles. The first-order chi connectivity index (χ1) is 9.65. The van der Waals surface area contributed by atoms with Crippen LogP contribution in [0.15, 0.2) is 0 Å². The zero-order chi connectivity index (χ0) is 14.2. The lowest BCUT2D eigenvalue weighted by Crippen LogP contribution is -2.46. The van der Waals surface area contributed by atoms with Gasteiger partial charge in [0.25, 0.3) is 0 Å². The predicted octanol–water partition coefficient (Wildman–Crippen LogP) is 2.20. The van der Waals surface area contributed by atoms with Crippen LogP contribution < -0.4 is 0 Å². The van der Waals surface area contributed by atoms with Gasteiger partial charge in [0, 0.05) is 6.61 Å². The molecule has 0 amide bonds. The molecule has 20 heavy (non-hydrogen) atoms. The second-order valence-electron chi connectivity index (χ2n) is 5.92. The van der Waals surface area contributed by atoms with Crippen LogP contribution >= 0.6 is 0 Å². The van der Waals surface area contributed by atoms with E-state index in [1.165, 1.54) is 6.42 Å². The molecule has 1 unspecified atom stereocenters. The van der Waals surface area contributed by atoms with E-state index in [1.54, 1.807) is 0 Å². The molecule has 0 radical (unpaired) electrons. The second-order valence-corrected chi connectivity index (χ2v) is 5.92. The van der Waals surface area contributed by atoms with Gasteiger partial charge in [0.2, 0.25) is 0 Å². The maximum absolute atomic E-state index is 11.2. The number of aromatic carboxylic acids is 1. The molecule has 1 aromatic rings. The Hall–Kier alpha value is -1.43. The molecule has 1 aliphatic heterocycles. The first-order valence-electron chi connectivity index (χ1n) is 7.46. The molecule has 0 bridgehead atoms. The van der Waals surface area contributed by atoms with Crippen molar-refractivity contribution in [1.29, 1.82) is 0 Å². The van der Waals surface area contributed by atoms with Crippen LogP contribution in [0.3, 0.4) is 0 Å². The Kier molecular flexibility index (Phi) is 3.50. The molecule has 1 aromatic heterocycles. The molecule has 0 aromatic carbocycles. The molecular formula is C14H21N3O3. The van der Waals surface area contributed by atoms with Crippen LogP contribution in [0.1, 0.15) is 67.7 Å². The van der Waals surface area contributed by atoms with E-state index in [2.05, 4.69) is 10.3 Å². The summed E-state index contributed by atoms with van der Waals surface area (Å²) in [5, 5.41) is 17.2. The molecule has 6 heteroatoms. The van der Waals surface area contributed by atoms with E-state index in [4.69, 9.17) is 4.74 Å². The minimum atomic E-state index is -0.981. The van der Waals surface area contributed by atoms with Crippen LogP contribution in [0, 0.1) is 0 Å². The first kappa shape index (κ1) is 13.5. The molecule has 2 heterocycles. The summed E-state index contributed by atoms with van der Waals surface area (Å²) in [5.41, 5.74) is 0.907. The monoisotopic (exact) mass is 279 g/mol. The van der Waals surface area contributed by atoms with Gasteiger partial charge < -0.3 is 9.84 Å². The fourth-order valence-electron chi connectivity index (χ4n) is 3.37. The largest absolute Gasteiger partial charge is 0.476 e. The number of carbonyl (C=O) groups is 1. The van der Waals surface area contributed by atoms with Gasteiger partial charge in [-0.3, -0.25) is 0 Å². The lowest BCUT2D eigenvalue weighted by molar-refractivity contribution is -0.142. The van der Waals surface area contributed by atoms with Crippen molar-refractivity contribution in [2.24, 2.45) is 0 Å². The number of hydrogen-bond acceptors (Lipinski definition) is 4. The molecule has 1 aliphatic carbocycles. The number of nitrogens with zero attached hydrogens (tertiary/aromatic N) is 3. The standard InChI is InChI=1S/C14H21N3O3/c1-2-4-11-12(13(18)19)15-16-17(11)10-5-8-20-14(9-10)6-3-7-14/h10H,2-9H2,1H3,(H,18,19). The molecule has 6 nitrogen and oxygen atoms in total. The topological polar surface area (TPSA) is 77.2 Å². The summed E-state index contributed by atoms with van der Waals surface area (Å²) >= 11 is 0. The van der Waals surface area contributed by atoms with Gasteiger partial charge in [-0.2, -0.15) is 0 Å². The van der Waals surface area contributed by atoms with Gasteiger partial charge in [-0.25, -0.2) is 9.48 Å². The van der Waals surface area contributed by atoms with Crippen molar-refractivity contribution in [2.45, 2.75) is 63.5 Å². The van der Waals surface area contributed by atoms with E-state index < -0.39 is 5.97 Å². The van der Waals surface area contributed by atoms with Crippen LogP contribution in [0.5, 0.6) is 0 Å². The third kappa shape index (κ3) is 2.22. The van der Waals surface area contributed by atoms with Crippen molar-refractivity contribution in [3.63, 3.8) is 0 Å². The summed E-state index contributed by atoms with van der Waals surface area (Å²) < 4.78 is 7.79. The van der Waals surface area contributed by atoms with Gasteiger partial charge in [-0.1, -0.05) is 18.6 Å². The molecule has 110 valence electrons. The molecule has 2 aliphatic rings. The Labute approximate surface area is 118 Å². The normalized spacial score (nSPS) is 24.6. The van der Waals surface area contributed by atoms with Gasteiger partial charge in [0.15, 0.2) is 5.69 Å². The number of hydrogen-bond donors (Lipinski definition) is 1. The highest BCUT2D eigenvalue weighted by Crippen LogP contribution is 2.45. The van der Waals surface area contributed by atoms with E-state index in [1.807, 2.05) is 11.6 Å². The lowest BCUT2D eigenvalue weighted by atomic mass is 9.74. The zero-order valence-electron chi connectivity index (χ0n) is 11.8. The summed E-state index contributed by atoms with van der Waals surface area (Å²) in [6, 6.07) is 0.228. The van der Waals surface area contributed by atoms with Gasteiger partial charge in [-0.15, -0.1) is 5.10 Å². The zero-order valence-corrected chi connectivity index (χ0v) is 11.8. The van der Waals surface area contributed by atoms with Crippen LogP contribution in [0.25, 0.3) is 0 Å². The second kappa shape index (κ2) is 5.16. The number of aromatic nitrogens is 3. The molecule has 1 atom stereocenters. The highest BCUT2D eigenvalue weighted by Gasteiger charge is 2.43. The summed E-state index contributed by atoms with van der Waals surface area (Å²) in [7, 11) is 0. The number of carboxylic acid groups (broad SMARTS) is 1. The minimum absolute atomic E-state index is 0.0295. The quantitative estimate of drug-likeness (QED) is 0.914. The van der Waals surface area contributed by atoms with Crippen molar-refractivity contribution in [2.75, 3.05) is 6.61 Å². The fraction of sp³-hybridized carbons (Fsp3) is 0.786. The van der Waals surface area contributed by atoms with Crippen LogP contribution in [-0.2, 0) is 11.2 Å². The smallest absolute Gasteiger partial charge is 0.358 e. The molecule has 1 N–H and O–H groups in total. The highest BCUT2D eigenvalue weighted by atomic mass is 16.5. The summed E-state index contributed by atoms with van der Waals surface area (Å²) in [6.07, 6.45) is 6.89. The predicted molar refractivity (Wildman–Crippen MR) is 71.8 cm³/mol. The fourth-order valence-corrected chi connectivity index (χ4v) is 3.37. The SMILES string of the molecule is CCCc1c(C(=O)O)nnn1C1CCOC2(CCC2)C1. The third-order valence-corrected chi connectivity index (χ3v) is 4.56. The van der Waals surface area contributed by atoms with E-state index in [0.717, 1.165) is 44.4 Å². The van der Waals surface area contributed by atoms with Gasteiger partial charge >= 0.3 is 5.97 Å². The van der Waals surface area contributed by atoms with E-state index in [9.17, 15) is 9.90 Å². The molecular weight excluding hydrogens is 258 g/mol.